The Balaban J connectivity index is 1.65. The maximum Gasteiger partial charge on any atom is 0.349 e. The number of amides is 1. The van der Waals surface area contributed by atoms with E-state index in [1.54, 1.807) is 48.8 Å². The Labute approximate surface area is 140 Å². The number of nitrogens with zero attached hydrogens (tertiary/aromatic N) is 4. The Kier molecular flexibility index (Phi) is 3.55. The number of rotatable bonds is 3. The van der Waals surface area contributed by atoms with Gasteiger partial charge in [0.25, 0.3) is 5.91 Å². The highest BCUT2D eigenvalue weighted by molar-refractivity contribution is 6.05. The molecule has 8 nitrogen and oxygen atoms in total. The van der Waals surface area contributed by atoms with Gasteiger partial charge in [0.2, 0.25) is 0 Å². The maximum absolute atomic E-state index is 12.4. The fraction of sp³-hybridized carbons (Fsp3) is 0. The quantitative estimate of drug-likeness (QED) is 0.575. The van der Waals surface area contributed by atoms with Crippen molar-refractivity contribution in [2.45, 2.75) is 0 Å². The average molecular weight is 333 g/mol. The molecule has 4 rings (SSSR count). The first-order valence-electron chi connectivity index (χ1n) is 7.37. The Morgan fingerprint density at radius 2 is 2.00 bits per heavy atom. The normalized spacial score (nSPS) is 10.7. The number of carbonyl (C=O) groups excluding carboxylic acids is 1. The lowest BCUT2D eigenvalue weighted by molar-refractivity contribution is 0.102. The molecule has 0 fully saturated rings. The van der Waals surface area contributed by atoms with Gasteiger partial charge in [0.1, 0.15) is 23.3 Å². The summed E-state index contributed by atoms with van der Waals surface area (Å²) in [6, 6.07) is 11.8. The van der Waals surface area contributed by atoms with Crippen molar-refractivity contribution in [3.05, 3.63) is 77.2 Å². The highest BCUT2D eigenvalue weighted by atomic mass is 16.4. The number of hydrogen-bond donors (Lipinski definition) is 1. The SMILES string of the molecule is O=C(Nc1cc(-n2cccn2)ncn1)c1cc2ccccc2oc1=O. The summed E-state index contributed by atoms with van der Waals surface area (Å²) in [7, 11) is 0. The third kappa shape index (κ3) is 2.88. The summed E-state index contributed by atoms with van der Waals surface area (Å²) in [5.41, 5.74) is -0.387. The zero-order valence-electron chi connectivity index (χ0n) is 12.8. The van der Waals surface area contributed by atoms with E-state index >= 15 is 0 Å². The lowest BCUT2D eigenvalue weighted by Crippen LogP contribution is -2.21. The molecule has 0 aliphatic heterocycles. The van der Waals surface area contributed by atoms with E-state index in [1.807, 2.05) is 0 Å². The van der Waals surface area contributed by atoms with Crippen LogP contribution in [0.5, 0.6) is 0 Å². The number of para-hydroxylation sites is 1. The molecule has 0 unspecified atom stereocenters. The van der Waals surface area contributed by atoms with Crippen molar-refractivity contribution in [1.82, 2.24) is 19.7 Å². The van der Waals surface area contributed by atoms with Crippen LogP contribution < -0.4 is 10.9 Å². The molecule has 0 aliphatic rings. The van der Waals surface area contributed by atoms with Gasteiger partial charge in [-0.25, -0.2) is 19.4 Å². The number of anilines is 1. The molecule has 8 heteroatoms. The van der Waals surface area contributed by atoms with Gasteiger partial charge >= 0.3 is 5.63 Å². The van der Waals surface area contributed by atoms with Gasteiger partial charge in [-0.15, -0.1) is 0 Å². The number of hydrogen-bond acceptors (Lipinski definition) is 6. The smallest absolute Gasteiger partial charge is 0.349 e. The van der Waals surface area contributed by atoms with Crippen molar-refractivity contribution in [3.8, 4) is 5.82 Å². The van der Waals surface area contributed by atoms with Crippen molar-refractivity contribution in [3.63, 3.8) is 0 Å². The Hall–Kier alpha value is -3.81. The molecule has 122 valence electrons. The molecule has 1 aromatic carbocycles. The van der Waals surface area contributed by atoms with Gasteiger partial charge in [-0.05, 0) is 18.2 Å². The Morgan fingerprint density at radius 3 is 2.84 bits per heavy atom. The van der Waals surface area contributed by atoms with E-state index in [4.69, 9.17) is 4.42 Å². The lowest BCUT2D eigenvalue weighted by Gasteiger charge is -2.06. The number of benzene rings is 1. The van der Waals surface area contributed by atoms with Crippen LogP contribution in [0.3, 0.4) is 0 Å². The van der Waals surface area contributed by atoms with Gasteiger partial charge in [0, 0.05) is 23.8 Å². The van der Waals surface area contributed by atoms with E-state index in [-0.39, 0.29) is 11.4 Å². The van der Waals surface area contributed by atoms with Crippen LogP contribution in [0.2, 0.25) is 0 Å². The third-order valence-corrected chi connectivity index (χ3v) is 3.52. The molecule has 1 N–H and O–H groups in total. The van der Waals surface area contributed by atoms with Crippen molar-refractivity contribution < 1.29 is 9.21 Å². The van der Waals surface area contributed by atoms with Gasteiger partial charge in [0.05, 0.1) is 0 Å². The first-order valence-corrected chi connectivity index (χ1v) is 7.37. The van der Waals surface area contributed by atoms with Crippen molar-refractivity contribution in [2.24, 2.45) is 0 Å². The number of aromatic nitrogens is 4. The van der Waals surface area contributed by atoms with E-state index in [0.29, 0.717) is 16.8 Å². The first kappa shape index (κ1) is 14.8. The van der Waals surface area contributed by atoms with E-state index in [2.05, 4.69) is 20.4 Å². The van der Waals surface area contributed by atoms with Crippen LogP contribution in [0.25, 0.3) is 16.8 Å². The lowest BCUT2D eigenvalue weighted by atomic mass is 10.2. The molecular formula is C17H11N5O3. The minimum Gasteiger partial charge on any atom is -0.422 e. The summed E-state index contributed by atoms with van der Waals surface area (Å²) in [5, 5.41) is 7.30. The molecule has 0 atom stereocenters. The molecule has 4 aromatic rings. The van der Waals surface area contributed by atoms with Crippen LogP contribution in [-0.4, -0.2) is 25.7 Å². The molecule has 0 saturated heterocycles. The molecule has 0 saturated carbocycles. The van der Waals surface area contributed by atoms with E-state index in [9.17, 15) is 9.59 Å². The van der Waals surface area contributed by atoms with Crippen LogP contribution in [0.1, 0.15) is 10.4 Å². The Bertz CT molecular complexity index is 1120. The summed E-state index contributed by atoms with van der Waals surface area (Å²) in [5.74, 6) is 0.128. The standard InChI is InChI=1S/C17H11N5O3/c23-16(12-8-11-4-1-2-5-13(11)25-17(12)24)21-14-9-15(19-10-18-14)22-7-3-6-20-22/h1-10H,(H,18,19,21,23). The second-order valence-corrected chi connectivity index (χ2v) is 5.15. The predicted molar refractivity (Wildman–Crippen MR) is 89.6 cm³/mol. The van der Waals surface area contributed by atoms with Crippen LogP contribution in [-0.2, 0) is 0 Å². The number of fused-ring (bicyclic) bond motifs is 1. The molecule has 25 heavy (non-hydrogen) atoms. The number of nitrogens with one attached hydrogen (secondary N) is 1. The summed E-state index contributed by atoms with van der Waals surface area (Å²) in [6.45, 7) is 0. The zero-order valence-corrected chi connectivity index (χ0v) is 12.8. The zero-order chi connectivity index (χ0) is 17.2. The molecule has 0 spiro atoms. The monoisotopic (exact) mass is 333 g/mol. The fourth-order valence-electron chi connectivity index (χ4n) is 2.35. The largest absolute Gasteiger partial charge is 0.422 e. The Morgan fingerprint density at radius 1 is 1.12 bits per heavy atom. The van der Waals surface area contributed by atoms with Crippen molar-refractivity contribution in [2.75, 3.05) is 5.32 Å². The van der Waals surface area contributed by atoms with Gasteiger partial charge in [-0.3, -0.25) is 4.79 Å². The summed E-state index contributed by atoms with van der Waals surface area (Å²) in [4.78, 5) is 32.5. The van der Waals surface area contributed by atoms with Gasteiger partial charge in [-0.2, -0.15) is 5.10 Å². The molecule has 0 aliphatic carbocycles. The second-order valence-electron chi connectivity index (χ2n) is 5.15. The van der Waals surface area contributed by atoms with Crippen LogP contribution in [0, 0.1) is 0 Å². The van der Waals surface area contributed by atoms with Crippen LogP contribution >= 0.6 is 0 Å². The molecule has 0 bridgehead atoms. The van der Waals surface area contributed by atoms with Gasteiger partial charge < -0.3 is 9.73 Å². The summed E-state index contributed by atoms with van der Waals surface area (Å²) in [6.07, 6.45) is 4.63. The minimum absolute atomic E-state index is 0.0991. The number of carbonyl (C=O) groups is 1. The second kappa shape index (κ2) is 6.00. The molecule has 3 heterocycles. The van der Waals surface area contributed by atoms with E-state index < -0.39 is 11.5 Å². The molecule has 3 aromatic heterocycles. The average Bonchev–Trinajstić information content (AvgIpc) is 3.16. The summed E-state index contributed by atoms with van der Waals surface area (Å²) < 4.78 is 6.70. The minimum atomic E-state index is -0.711. The van der Waals surface area contributed by atoms with E-state index in [0.717, 1.165) is 0 Å². The highest BCUT2D eigenvalue weighted by Crippen LogP contribution is 2.14. The van der Waals surface area contributed by atoms with Crippen molar-refractivity contribution in [1.29, 1.82) is 0 Å². The molecule has 0 radical (unpaired) electrons. The van der Waals surface area contributed by atoms with Crippen LogP contribution in [0.15, 0.2) is 70.4 Å². The highest BCUT2D eigenvalue weighted by Gasteiger charge is 2.15. The van der Waals surface area contributed by atoms with Gasteiger partial charge in [0.15, 0.2) is 5.82 Å². The fourth-order valence-corrected chi connectivity index (χ4v) is 2.35. The maximum atomic E-state index is 12.4. The molecular weight excluding hydrogens is 322 g/mol. The third-order valence-electron chi connectivity index (χ3n) is 3.52. The topological polar surface area (TPSA) is 103 Å². The van der Waals surface area contributed by atoms with Crippen LogP contribution in [0.4, 0.5) is 5.82 Å². The first-order chi connectivity index (χ1) is 12.2. The predicted octanol–water partition coefficient (Wildman–Crippen LogP) is 2.02. The van der Waals surface area contributed by atoms with E-state index in [1.165, 1.54) is 17.1 Å². The summed E-state index contributed by atoms with van der Waals surface area (Å²) >= 11 is 0. The van der Waals surface area contributed by atoms with Gasteiger partial charge in [-0.1, -0.05) is 18.2 Å². The molecule has 1 amide bonds. The van der Waals surface area contributed by atoms with Crippen molar-refractivity contribution >= 4 is 22.7 Å².